The van der Waals surface area contributed by atoms with Gasteiger partial charge in [-0.25, -0.2) is 0 Å². The van der Waals surface area contributed by atoms with Gasteiger partial charge in [0.15, 0.2) is 0 Å². The van der Waals surface area contributed by atoms with Crippen molar-refractivity contribution in [3.05, 3.63) is 29.1 Å². The molecule has 1 aliphatic carbocycles. The second-order valence-electron chi connectivity index (χ2n) is 7.53. The topological polar surface area (TPSA) is 62.2 Å². The third kappa shape index (κ3) is 5.09. The van der Waals surface area contributed by atoms with Crippen LogP contribution in [0.2, 0.25) is 0 Å². The third-order valence-electron chi connectivity index (χ3n) is 4.26. The average Bonchev–Trinajstić information content (AvgIpc) is 2.45. The highest BCUT2D eigenvalue weighted by Gasteiger charge is 2.20. The summed E-state index contributed by atoms with van der Waals surface area (Å²) in [6.45, 7) is 6.99. The summed E-state index contributed by atoms with van der Waals surface area (Å²) in [6, 6.07) is 1.70. The van der Waals surface area contributed by atoms with Gasteiger partial charge in [0.25, 0.3) is 0 Å². The van der Waals surface area contributed by atoms with Crippen molar-refractivity contribution in [2.24, 2.45) is 5.41 Å². The van der Waals surface area contributed by atoms with Crippen molar-refractivity contribution in [3.8, 4) is 0 Å². The van der Waals surface area contributed by atoms with Gasteiger partial charge in [-0.3, -0.25) is 9.78 Å². The van der Waals surface area contributed by atoms with Crippen LogP contribution in [0, 0.1) is 5.41 Å². The number of hydrogen-bond acceptors (Lipinski definition) is 3. The van der Waals surface area contributed by atoms with Crippen molar-refractivity contribution < 1.29 is 9.90 Å². The van der Waals surface area contributed by atoms with E-state index in [4.69, 9.17) is 0 Å². The highest BCUT2D eigenvalue weighted by atomic mass is 16.4. The largest absolute Gasteiger partial charge is 0.480 e. The first-order valence-corrected chi connectivity index (χ1v) is 8.28. The maximum absolute atomic E-state index is 11.4. The van der Waals surface area contributed by atoms with Crippen molar-refractivity contribution in [2.75, 3.05) is 0 Å². The van der Waals surface area contributed by atoms with Gasteiger partial charge in [-0.15, -0.1) is 0 Å². The molecule has 0 saturated carbocycles. The second kappa shape index (κ2) is 7.23. The van der Waals surface area contributed by atoms with E-state index in [0.717, 1.165) is 24.8 Å². The van der Waals surface area contributed by atoms with Gasteiger partial charge in [0.2, 0.25) is 0 Å². The number of carbonyl (C=O) groups is 1. The number of hydrogen-bond donors (Lipinski definition) is 2. The van der Waals surface area contributed by atoms with Crippen LogP contribution in [0.3, 0.4) is 0 Å². The lowest BCUT2D eigenvalue weighted by Crippen LogP contribution is -2.37. The summed E-state index contributed by atoms with van der Waals surface area (Å²) in [5, 5.41) is 12.5. The SMILES string of the molecule is CC(C)(C)CCC(NCc1cnc2c(c1)CCCC2)C(=O)O. The Balaban J connectivity index is 1.93. The molecule has 0 radical (unpaired) electrons. The molecule has 0 bridgehead atoms. The van der Waals surface area contributed by atoms with E-state index in [0.29, 0.717) is 13.0 Å². The monoisotopic (exact) mass is 304 g/mol. The summed E-state index contributed by atoms with van der Waals surface area (Å²) in [6.07, 6.45) is 8.06. The molecule has 1 aliphatic rings. The zero-order chi connectivity index (χ0) is 16.2. The smallest absolute Gasteiger partial charge is 0.320 e. The second-order valence-corrected chi connectivity index (χ2v) is 7.53. The first kappa shape index (κ1) is 16.9. The minimum atomic E-state index is -0.768. The van der Waals surface area contributed by atoms with Crippen LogP contribution >= 0.6 is 0 Å². The van der Waals surface area contributed by atoms with Crippen LogP contribution in [0.4, 0.5) is 0 Å². The van der Waals surface area contributed by atoms with Gasteiger partial charge in [0.1, 0.15) is 6.04 Å². The Hall–Kier alpha value is -1.42. The standard InChI is InChI=1S/C18H28N2O2/c1-18(2,3)9-8-16(17(21)22)20-12-13-10-14-6-4-5-7-15(14)19-11-13/h10-11,16,20H,4-9,12H2,1-3H3,(H,21,22). The van der Waals surface area contributed by atoms with Crippen LogP contribution in [-0.2, 0) is 24.2 Å². The molecule has 22 heavy (non-hydrogen) atoms. The van der Waals surface area contributed by atoms with E-state index in [1.165, 1.54) is 24.1 Å². The predicted molar refractivity (Wildman–Crippen MR) is 87.8 cm³/mol. The zero-order valence-corrected chi connectivity index (χ0v) is 14.0. The van der Waals surface area contributed by atoms with Crippen molar-refractivity contribution in [1.82, 2.24) is 10.3 Å². The Morgan fingerprint density at radius 2 is 2.09 bits per heavy atom. The molecule has 1 aromatic rings. The lowest BCUT2D eigenvalue weighted by Gasteiger charge is -2.22. The minimum absolute atomic E-state index is 0.156. The number of pyridine rings is 1. The van der Waals surface area contributed by atoms with Crippen molar-refractivity contribution in [2.45, 2.75) is 71.9 Å². The van der Waals surface area contributed by atoms with Gasteiger partial charge in [-0.05, 0) is 55.1 Å². The highest BCUT2D eigenvalue weighted by molar-refractivity contribution is 5.73. The Morgan fingerprint density at radius 1 is 1.36 bits per heavy atom. The molecule has 2 N–H and O–H groups in total. The van der Waals surface area contributed by atoms with Crippen molar-refractivity contribution in [3.63, 3.8) is 0 Å². The molecule has 4 nitrogen and oxygen atoms in total. The Morgan fingerprint density at radius 3 is 2.77 bits per heavy atom. The van der Waals surface area contributed by atoms with E-state index >= 15 is 0 Å². The van der Waals surface area contributed by atoms with Gasteiger partial charge >= 0.3 is 5.97 Å². The first-order valence-electron chi connectivity index (χ1n) is 8.28. The number of fused-ring (bicyclic) bond motifs is 1. The molecule has 0 aromatic carbocycles. The number of carboxylic acid groups (broad SMARTS) is 1. The van der Waals surface area contributed by atoms with E-state index in [9.17, 15) is 9.90 Å². The number of aryl methyl sites for hydroxylation is 2. The lowest BCUT2D eigenvalue weighted by atomic mass is 9.88. The molecule has 4 heteroatoms. The molecule has 0 amide bonds. The number of rotatable bonds is 6. The summed E-state index contributed by atoms with van der Waals surface area (Å²) in [7, 11) is 0. The molecule has 0 saturated heterocycles. The summed E-state index contributed by atoms with van der Waals surface area (Å²) in [5.74, 6) is -0.768. The molecule has 0 aliphatic heterocycles. The number of carboxylic acids is 1. The summed E-state index contributed by atoms with van der Waals surface area (Å²) < 4.78 is 0. The summed E-state index contributed by atoms with van der Waals surface area (Å²) in [5.41, 5.74) is 3.80. The molecule has 1 unspecified atom stereocenters. The molecule has 1 heterocycles. The number of nitrogens with one attached hydrogen (secondary N) is 1. The number of aliphatic carboxylic acids is 1. The highest BCUT2D eigenvalue weighted by Crippen LogP contribution is 2.22. The van der Waals surface area contributed by atoms with Crippen LogP contribution < -0.4 is 5.32 Å². The third-order valence-corrected chi connectivity index (χ3v) is 4.26. The van der Waals surface area contributed by atoms with Gasteiger partial charge in [0.05, 0.1) is 0 Å². The van der Waals surface area contributed by atoms with E-state index in [-0.39, 0.29) is 5.41 Å². The quantitative estimate of drug-likeness (QED) is 0.846. The zero-order valence-electron chi connectivity index (χ0n) is 14.0. The summed E-state index contributed by atoms with van der Waals surface area (Å²) in [4.78, 5) is 15.9. The predicted octanol–water partition coefficient (Wildman–Crippen LogP) is 3.33. The molecule has 0 fully saturated rings. The van der Waals surface area contributed by atoms with E-state index in [1.54, 1.807) is 0 Å². The van der Waals surface area contributed by atoms with E-state index in [2.05, 4.69) is 37.1 Å². The molecule has 2 rings (SSSR count). The van der Waals surface area contributed by atoms with Crippen LogP contribution in [-0.4, -0.2) is 22.1 Å². The normalized spacial score (nSPS) is 16.1. The molecule has 0 spiro atoms. The fraction of sp³-hybridized carbons (Fsp3) is 0.667. The van der Waals surface area contributed by atoms with Gasteiger partial charge < -0.3 is 10.4 Å². The van der Waals surface area contributed by atoms with Gasteiger partial charge in [-0.1, -0.05) is 26.8 Å². The Bertz CT molecular complexity index is 520. The van der Waals surface area contributed by atoms with E-state index in [1.807, 2.05) is 6.20 Å². The first-order chi connectivity index (χ1) is 10.3. The number of nitrogens with zero attached hydrogens (tertiary/aromatic N) is 1. The summed E-state index contributed by atoms with van der Waals surface area (Å²) >= 11 is 0. The van der Waals surface area contributed by atoms with Crippen molar-refractivity contribution >= 4 is 5.97 Å². The fourth-order valence-corrected chi connectivity index (χ4v) is 2.87. The van der Waals surface area contributed by atoms with Crippen molar-refractivity contribution in [1.29, 1.82) is 0 Å². The van der Waals surface area contributed by atoms with Crippen LogP contribution in [0.1, 0.15) is 63.3 Å². The maximum Gasteiger partial charge on any atom is 0.320 e. The molecule has 122 valence electrons. The Kier molecular flexibility index (Phi) is 5.57. The average molecular weight is 304 g/mol. The van der Waals surface area contributed by atoms with Crippen LogP contribution in [0.5, 0.6) is 0 Å². The minimum Gasteiger partial charge on any atom is -0.480 e. The molecule has 1 aromatic heterocycles. The lowest BCUT2D eigenvalue weighted by molar-refractivity contribution is -0.139. The molecule has 1 atom stereocenters. The van der Waals surface area contributed by atoms with Crippen LogP contribution in [0.25, 0.3) is 0 Å². The van der Waals surface area contributed by atoms with Crippen LogP contribution in [0.15, 0.2) is 12.3 Å². The van der Waals surface area contributed by atoms with Gasteiger partial charge in [0, 0.05) is 18.4 Å². The Labute approximate surface area is 133 Å². The fourth-order valence-electron chi connectivity index (χ4n) is 2.87. The van der Waals surface area contributed by atoms with Gasteiger partial charge in [-0.2, -0.15) is 0 Å². The molecular formula is C18H28N2O2. The molecular weight excluding hydrogens is 276 g/mol. The number of aromatic nitrogens is 1. The van der Waals surface area contributed by atoms with E-state index < -0.39 is 12.0 Å². The maximum atomic E-state index is 11.4.